The smallest absolute Gasteiger partial charge is 0.335 e. The van der Waals surface area contributed by atoms with E-state index in [0.29, 0.717) is 0 Å². The van der Waals surface area contributed by atoms with Gasteiger partial charge in [-0.25, -0.2) is 4.79 Å². The van der Waals surface area contributed by atoms with Crippen LogP contribution in [0.1, 0.15) is 10.4 Å². The average Bonchev–Trinajstić information content (AvgIpc) is 3.08. The summed E-state index contributed by atoms with van der Waals surface area (Å²) in [5.41, 5.74) is 5.80. The number of aromatic carboxylic acids is 1. The van der Waals surface area contributed by atoms with E-state index in [9.17, 15) is 9.90 Å². The first-order valence-corrected chi connectivity index (χ1v) is 9.15. The molecule has 5 rings (SSSR count). The Morgan fingerprint density at radius 3 is 2.07 bits per heavy atom. The maximum absolute atomic E-state index is 11.2. The summed E-state index contributed by atoms with van der Waals surface area (Å²) in [5, 5.41) is 11.5. The number of fused-ring (bicyclic) bond motifs is 3. The number of para-hydroxylation sites is 1. The molecule has 134 valence electrons. The van der Waals surface area contributed by atoms with E-state index in [4.69, 9.17) is 0 Å². The first-order valence-electron chi connectivity index (χ1n) is 9.15. The molecule has 5 aromatic rings. The molecule has 0 fully saturated rings. The maximum Gasteiger partial charge on any atom is 0.335 e. The van der Waals surface area contributed by atoms with Crippen molar-refractivity contribution in [2.45, 2.75) is 0 Å². The Morgan fingerprint density at radius 2 is 1.32 bits per heavy atom. The Morgan fingerprint density at radius 1 is 0.643 bits per heavy atom. The number of carboxylic acids is 1. The molecule has 28 heavy (non-hydrogen) atoms. The minimum absolute atomic E-state index is 0.288. The number of hydrogen-bond donors (Lipinski definition) is 1. The van der Waals surface area contributed by atoms with Gasteiger partial charge in [0.2, 0.25) is 0 Å². The third-order valence-electron chi connectivity index (χ3n) is 5.15. The number of aromatic nitrogens is 1. The summed E-state index contributed by atoms with van der Waals surface area (Å²) in [5.74, 6) is -0.915. The molecule has 0 saturated heterocycles. The fraction of sp³-hybridized carbons (Fsp3) is 0. The minimum Gasteiger partial charge on any atom is -0.478 e. The van der Waals surface area contributed by atoms with Crippen LogP contribution in [0.25, 0.3) is 38.6 Å². The van der Waals surface area contributed by atoms with Gasteiger partial charge in [0.15, 0.2) is 0 Å². The molecule has 0 unspecified atom stereocenters. The van der Waals surface area contributed by atoms with Gasteiger partial charge in [-0.15, -0.1) is 0 Å². The van der Waals surface area contributed by atoms with Crippen LogP contribution in [0.2, 0.25) is 0 Å². The Labute approximate surface area is 162 Å². The first kappa shape index (κ1) is 16.3. The highest BCUT2D eigenvalue weighted by Crippen LogP contribution is 2.34. The minimum atomic E-state index is -0.915. The second-order valence-electron chi connectivity index (χ2n) is 6.80. The number of carboxylic acid groups (broad SMARTS) is 1. The Hall–Kier alpha value is -3.85. The molecule has 0 saturated carbocycles. The summed E-state index contributed by atoms with van der Waals surface area (Å²) >= 11 is 0. The lowest BCUT2D eigenvalue weighted by atomic mass is 10.0. The van der Waals surface area contributed by atoms with E-state index < -0.39 is 5.97 Å². The molecule has 1 N–H and O–H groups in total. The molecule has 0 aliphatic rings. The van der Waals surface area contributed by atoms with Crippen molar-refractivity contribution < 1.29 is 9.90 Å². The van der Waals surface area contributed by atoms with Gasteiger partial charge in [-0.05, 0) is 53.6 Å². The van der Waals surface area contributed by atoms with Gasteiger partial charge >= 0.3 is 5.97 Å². The van der Waals surface area contributed by atoms with Crippen LogP contribution in [0.5, 0.6) is 0 Å². The van der Waals surface area contributed by atoms with Crippen molar-refractivity contribution in [1.82, 2.24) is 4.57 Å². The third kappa shape index (κ3) is 2.57. The summed E-state index contributed by atoms with van der Waals surface area (Å²) < 4.78 is 2.19. The second-order valence-corrected chi connectivity index (χ2v) is 6.80. The standard InChI is InChI=1S/C25H17NO2/c27-25(28)18-10-13-20(14-11-18)26-23-9-5-4-8-21(23)22-16-19(12-15-24(22)26)17-6-2-1-3-7-17/h1-16H,(H,27,28). The zero-order valence-corrected chi connectivity index (χ0v) is 15.0. The number of nitrogens with zero attached hydrogens (tertiary/aromatic N) is 1. The van der Waals surface area contributed by atoms with Crippen LogP contribution in [0.15, 0.2) is 97.1 Å². The highest BCUT2D eigenvalue weighted by molar-refractivity contribution is 6.10. The highest BCUT2D eigenvalue weighted by atomic mass is 16.4. The number of rotatable bonds is 3. The van der Waals surface area contributed by atoms with Crippen LogP contribution in [-0.4, -0.2) is 15.6 Å². The Balaban J connectivity index is 1.78. The van der Waals surface area contributed by atoms with Gasteiger partial charge in [-0.1, -0.05) is 54.6 Å². The molecule has 3 heteroatoms. The molecule has 0 spiro atoms. The molecule has 4 aromatic carbocycles. The molecular weight excluding hydrogens is 346 g/mol. The third-order valence-corrected chi connectivity index (χ3v) is 5.15. The molecule has 3 nitrogen and oxygen atoms in total. The maximum atomic E-state index is 11.2. The Bertz CT molecular complexity index is 1320. The summed E-state index contributed by atoms with van der Waals surface area (Å²) in [6.45, 7) is 0. The van der Waals surface area contributed by atoms with Crippen LogP contribution >= 0.6 is 0 Å². The molecule has 0 radical (unpaired) electrons. The van der Waals surface area contributed by atoms with Crippen LogP contribution in [0.3, 0.4) is 0 Å². The number of benzene rings is 4. The van der Waals surface area contributed by atoms with E-state index in [-0.39, 0.29) is 5.56 Å². The quantitative estimate of drug-likeness (QED) is 0.418. The van der Waals surface area contributed by atoms with Gasteiger partial charge in [0.1, 0.15) is 0 Å². The topological polar surface area (TPSA) is 42.2 Å². The zero-order chi connectivity index (χ0) is 19.1. The molecule has 0 aliphatic carbocycles. The van der Waals surface area contributed by atoms with Crippen LogP contribution in [-0.2, 0) is 0 Å². The van der Waals surface area contributed by atoms with Crippen molar-refractivity contribution in [1.29, 1.82) is 0 Å². The molecule has 1 aromatic heterocycles. The second kappa shape index (κ2) is 6.39. The predicted octanol–water partition coefficient (Wildman–Crippen LogP) is 6.15. The fourth-order valence-corrected chi connectivity index (χ4v) is 3.81. The van der Waals surface area contributed by atoms with E-state index in [0.717, 1.165) is 16.7 Å². The molecule has 0 aliphatic heterocycles. The molecule has 0 amide bonds. The van der Waals surface area contributed by atoms with Crippen LogP contribution < -0.4 is 0 Å². The van der Waals surface area contributed by atoms with Crippen molar-refractivity contribution in [3.63, 3.8) is 0 Å². The van der Waals surface area contributed by atoms with E-state index >= 15 is 0 Å². The summed E-state index contributed by atoms with van der Waals surface area (Å²) in [4.78, 5) is 11.2. The van der Waals surface area contributed by atoms with E-state index in [1.807, 2.05) is 36.4 Å². The van der Waals surface area contributed by atoms with Gasteiger partial charge in [0.25, 0.3) is 0 Å². The summed E-state index contributed by atoms with van der Waals surface area (Å²) in [6, 6.07) is 32.2. The fourth-order valence-electron chi connectivity index (χ4n) is 3.81. The lowest BCUT2D eigenvalue weighted by Gasteiger charge is -2.09. The van der Waals surface area contributed by atoms with Gasteiger partial charge in [-0.3, -0.25) is 0 Å². The molecule has 0 atom stereocenters. The normalized spacial score (nSPS) is 11.1. The van der Waals surface area contributed by atoms with Gasteiger partial charge < -0.3 is 9.67 Å². The van der Waals surface area contributed by atoms with Crippen molar-refractivity contribution >= 4 is 27.8 Å². The summed E-state index contributed by atoms with van der Waals surface area (Å²) in [7, 11) is 0. The monoisotopic (exact) mass is 363 g/mol. The highest BCUT2D eigenvalue weighted by Gasteiger charge is 2.13. The van der Waals surface area contributed by atoms with Crippen molar-refractivity contribution in [3.05, 3.63) is 103 Å². The van der Waals surface area contributed by atoms with Gasteiger partial charge in [0.05, 0.1) is 16.6 Å². The largest absolute Gasteiger partial charge is 0.478 e. The molecular formula is C25H17NO2. The lowest BCUT2D eigenvalue weighted by molar-refractivity contribution is 0.0697. The van der Waals surface area contributed by atoms with Gasteiger partial charge in [-0.2, -0.15) is 0 Å². The van der Waals surface area contributed by atoms with E-state index in [1.165, 1.54) is 21.9 Å². The van der Waals surface area contributed by atoms with E-state index in [1.54, 1.807) is 12.1 Å². The summed E-state index contributed by atoms with van der Waals surface area (Å²) in [6.07, 6.45) is 0. The first-order chi connectivity index (χ1) is 13.7. The van der Waals surface area contributed by atoms with Crippen LogP contribution in [0.4, 0.5) is 0 Å². The van der Waals surface area contributed by atoms with Crippen molar-refractivity contribution in [2.24, 2.45) is 0 Å². The Kier molecular flexibility index (Phi) is 3.73. The SMILES string of the molecule is O=C(O)c1ccc(-n2c3ccccc3c3cc(-c4ccccc4)ccc32)cc1. The van der Waals surface area contributed by atoms with Crippen molar-refractivity contribution in [2.75, 3.05) is 0 Å². The number of carbonyl (C=O) groups is 1. The zero-order valence-electron chi connectivity index (χ0n) is 15.0. The number of hydrogen-bond acceptors (Lipinski definition) is 1. The van der Waals surface area contributed by atoms with Crippen LogP contribution in [0, 0.1) is 0 Å². The molecule has 1 heterocycles. The average molecular weight is 363 g/mol. The van der Waals surface area contributed by atoms with E-state index in [2.05, 4.69) is 53.1 Å². The predicted molar refractivity (Wildman–Crippen MR) is 113 cm³/mol. The van der Waals surface area contributed by atoms with Gasteiger partial charge in [0, 0.05) is 16.5 Å². The van der Waals surface area contributed by atoms with Crippen molar-refractivity contribution in [3.8, 4) is 16.8 Å². The lowest BCUT2D eigenvalue weighted by Crippen LogP contribution is -1.98. The molecule has 0 bridgehead atoms.